The monoisotopic (exact) mass is 646 g/mol. The van der Waals surface area contributed by atoms with Crippen LogP contribution in [0.3, 0.4) is 0 Å². The van der Waals surface area contributed by atoms with E-state index in [0.29, 0.717) is 43.4 Å². The van der Waals surface area contributed by atoms with E-state index in [1.54, 1.807) is 12.1 Å². The van der Waals surface area contributed by atoms with Crippen molar-refractivity contribution in [3.05, 3.63) is 76.1 Å². The molecule has 2 aliphatic carbocycles. The van der Waals surface area contributed by atoms with Gasteiger partial charge < -0.3 is 24.6 Å². The van der Waals surface area contributed by atoms with Crippen molar-refractivity contribution in [1.29, 1.82) is 0 Å². The van der Waals surface area contributed by atoms with E-state index in [9.17, 15) is 9.90 Å². The Morgan fingerprint density at radius 2 is 1.96 bits per heavy atom. The molecule has 2 heterocycles. The molecule has 1 aromatic heterocycles. The SMILES string of the molecule is C[C@@H](COc1ccnc2c1[C@H](C)CCC2)C[C@@H]1CC[C@@](Nc2cccc(Cl)c2)(C(=O)O)CCc2cc3c(cc2C1)OCC[C@H](C)O3. The summed E-state index contributed by atoms with van der Waals surface area (Å²) in [6.45, 7) is 7.80. The van der Waals surface area contributed by atoms with Crippen LogP contribution in [0.15, 0.2) is 48.7 Å². The summed E-state index contributed by atoms with van der Waals surface area (Å²) in [6, 6.07) is 13.6. The van der Waals surface area contributed by atoms with Crippen molar-refractivity contribution >= 4 is 23.3 Å². The van der Waals surface area contributed by atoms with Gasteiger partial charge in [-0.2, -0.15) is 0 Å². The summed E-state index contributed by atoms with van der Waals surface area (Å²) >= 11 is 6.30. The first-order valence-electron chi connectivity index (χ1n) is 17.0. The van der Waals surface area contributed by atoms with Gasteiger partial charge in [-0.3, -0.25) is 4.98 Å². The molecule has 3 aliphatic rings. The fraction of sp³-hybridized carbons (Fsp3) is 0.526. The molecule has 246 valence electrons. The average molecular weight is 647 g/mol. The van der Waals surface area contributed by atoms with E-state index in [2.05, 4.69) is 43.2 Å². The minimum atomic E-state index is -1.14. The lowest BCUT2D eigenvalue weighted by Gasteiger charge is -2.33. The fourth-order valence-corrected chi connectivity index (χ4v) is 7.78. The Labute approximate surface area is 278 Å². The summed E-state index contributed by atoms with van der Waals surface area (Å²) in [4.78, 5) is 17.8. The third-order valence-electron chi connectivity index (χ3n) is 10.1. The topological polar surface area (TPSA) is 89.9 Å². The van der Waals surface area contributed by atoms with Crippen molar-refractivity contribution < 1.29 is 24.1 Å². The van der Waals surface area contributed by atoms with Gasteiger partial charge in [-0.05, 0) is 130 Å². The maximum atomic E-state index is 13.1. The molecule has 0 saturated carbocycles. The molecule has 0 unspecified atom stereocenters. The zero-order chi connectivity index (χ0) is 32.3. The summed E-state index contributed by atoms with van der Waals surface area (Å²) in [5.41, 5.74) is 4.37. The second-order valence-corrected chi connectivity index (χ2v) is 14.3. The minimum Gasteiger partial charge on any atom is -0.493 e. The molecule has 46 heavy (non-hydrogen) atoms. The number of halogens is 1. The van der Waals surface area contributed by atoms with Gasteiger partial charge in [0.05, 0.1) is 19.3 Å². The lowest BCUT2D eigenvalue weighted by molar-refractivity contribution is -0.143. The number of hydrogen-bond acceptors (Lipinski definition) is 6. The smallest absolute Gasteiger partial charge is 0.329 e. The van der Waals surface area contributed by atoms with Gasteiger partial charge in [0.15, 0.2) is 11.5 Å². The molecule has 6 rings (SSSR count). The molecular formula is C38H47ClN2O5. The lowest BCUT2D eigenvalue weighted by atomic mass is 9.82. The van der Waals surface area contributed by atoms with Crippen LogP contribution in [0.4, 0.5) is 5.69 Å². The number of carboxylic acid groups (broad SMARTS) is 1. The molecule has 0 amide bonds. The highest BCUT2D eigenvalue weighted by Crippen LogP contribution is 2.41. The Balaban J connectivity index is 1.27. The molecule has 1 aliphatic heterocycles. The zero-order valence-corrected chi connectivity index (χ0v) is 28.1. The average Bonchev–Trinajstić information content (AvgIpc) is 3.16. The number of rotatable bonds is 8. The molecule has 3 aromatic rings. The Hall–Kier alpha value is -3.45. The minimum absolute atomic E-state index is 0.0563. The summed E-state index contributed by atoms with van der Waals surface area (Å²) in [5.74, 6) is 2.64. The van der Waals surface area contributed by atoms with Crippen LogP contribution in [0.25, 0.3) is 0 Å². The van der Waals surface area contributed by atoms with Crippen LogP contribution in [0.1, 0.15) is 94.0 Å². The summed E-state index contributed by atoms with van der Waals surface area (Å²) in [5, 5.41) is 14.8. The van der Waals surface area contributed by atoms with Gasteiger partial charge in [0.25, 0.3) is 0 Å². The number of hydrogen-bond donors (Lipinski definition) is 2. The van der Waals surface area contributed by atoms with Gasteiger partial charge in [-0.15, -0.1) is 0 Å². The number of ether oxygens (including phenoxy) is 3. The first-order chi connectivity index (χ1) is 22.2. The molecule has 5 atom stereocenters. The quantitative estimate of drug-likeness (QED) is 0.253. The number of carboxylic acids is 1. The number of pyridine rings is 1. The molecule has 8 heteroatoms. The Bertz CT molecular complexity index is 1550. The van der Waals surface area contributed by atoms with E-state index in [4.69, 9.17) is 25.8 Å². The van der Waals surface area contributed by atoms with E-state index in [0.717, 1.165) is 67.0 Å². The number of fused-ring (bicyclic) bond motifs is 3. The van der Waals surface area contributed by atoms with Gasteiger partial charge in [-0.1, -0.05) is 31.5 Å². The largest absolute Gasteiger partial charge is 0.493 e. The first-order valence-corrected chi connectivity index (χ1v) is 17.4. The van der Waals surface area contributed by atoms with Crippen LogP contribution in [-0.4, -0.2) is 40.9 Å². The van der Waals surface area contributed by atoms with Gasteiger partial charge in [0, 0.05) is 34.6 Å². The Morgan fingerprint density at radius 1 is 1.11 bits per heavy atom. The van der Waals surface area contributed by atoms with E-state index in [-0.39, 0.29) is 17.9 Å². The van der Waals surface area contributed by atoms with Crippen LogP contribution in [0, 0.1) is 11.8 Å². The number of nitrogens with one attached hydrogen (secondary N) is 1. The molecular weight excluding hydrogens is 600 g/mol. The number of aromatic nitrogens is 1. The Kier molecular flexibility index (Phi) is 9.98. The Morgan fingerprint density at radius 3 is 2.78 bits per heavy atom. The fourth-order valence-electron chi connectivity index (χ4n) is 7.59. The van der Waals surface area contributed by atoms with E-state index < -0.39 is 11.5 Å². The molecule has 0 radical (unpaired) electrons. The van der Waals surface area contributed by atoms with E-state index in [1.807, 2.05) is 24.4 Å². The standard InChI is InChI=1S/C38H47ClN2O5/c1-24(23-45-33-12-16-40-32-9-4-6-25(2)36(32)33)18-27-10-14-38(37(42)43,41-31-8-5-7-30(39)22-31)15-11-28-20-35-34(21-29(28)19-27)44-17-13-26(3)46-35/h5,7-8,12,16,20-22,24-27,41H,4,6,9-11,13-15,17-19,23H2,1-3H3,(H,42,43)/t24-,25-,26+,27+,38+/m1/s1. The number of benzene rings is 2. The molecule has 0 spiro atoms. The predicted molar refractivity (Wildman–Crippen MR) is 182 cm³/mol. The third-order valence-corrected chi connectivity index (χ3v) is 10.4. The van der Waals surface area contributed by atoms with Gasteiger partial charge in [0.1, 0.15) is 11.3 Å². The number of aliphatic carboxylic acids is 1. The van der Waals surface area contributed by atoms with Crippen LogP contribution in [0.5, 0.6) is 17.2 Å². The van der Waals surface area contributed by atoms with Crippen molar-refractivity contribution in [1.82, 2.24) is 4.98 Å². The van der Waals surface area contributed by atoms with Crippen LogP contribution >= 0.6 is 11.6 Å². The summed E-state index contributed by atoms with van der Waals surface area (Å²) in [6.07, 6.45) is 10.2. The van der Waals surface area contributed by atoms with Crippen molar-refractivity contribution in [2.75, 3.05) is 18.5 Å². The van der Waals surface area contributed by atoms with Crippen molar-refractivity contribution in [3.63, 3.8) is 0 Å². The number of aryl methyl sites for hydroxylation is 2. The highest BCUT2D eigenvalue weighted by molar-refractivity contribution is 6.30. The molecule has 0 fully saturated rings. The second kappa shape index (κ2) is 14.1. The number of nitrogens with zero attached hydrogens (tertiary/aromatic N) is 1. The first kappa shape index (κ1) is 32.5. The maximum Gasteiger partial charge on any atom is 0.329 e. The normalized spacial score (nSPS) is 25.0. The molecule has 0 saturated heterocycles. The van der Waals surface area contributed by atoms with E-state index >= 15 is 0 Å². The highest BCUT2D eigenvalue weighted by Gasteiger charge is 2.40. The molecule has 2 aromatic carbocycles. The number of anilines is 1. The van der Waals surface area contributed by atoms with Crippen molar-refractivity contribution in [2.45, 2.75) is 103 Å². The lowest BCUT2D eigenvalue weighted by Crippen LogP contribution is -2.47. The van der Waals surface area contributed by atoms with Crippen molar-refractivity contribution in [3.8, 4) is 17.2 Å². The maximum absolute atomic E-state index is 13.1. The zero-order valence-electron chi connectivity index (χ0n) is 27.3. The highest BCUT2D eigenvalue weighted by atomic mass is 35.5. The second-order valence-electron chi connectivity index (χ2n) is 13.9. The van der Waals surface area contributed by atoms with Crippen LogP contribution < -0.4 is 19.5 Å². The van der Waals surface area contributed by atoms with Crippen LogP contribution in [-0.2, 0) is 24.1 Å². The molecule has 7 nitrogen and oxygen atoms in total. The molecule has 2 N–H and O–H groups in total. The predicted octanol–water partition coefficient (Wildman–Crippen LogP) is 8.65. The van der Waals surface area contributed by atoms with Gasteiger partial charge >= 0.3 is 5.97 Å². The van der Waals surface area contributed by atoms with Gasteiger partial charge in [0.2, 0.25) is 0 Å². The summed E-state index contributed by atoms with van der Waals surface area (Å²) in [7, 11) is 0. The number of carbonyl (C=O) groups is 1. The van der Waals surface area contributed by atoms with Gasteiger partial charge in [-0.25, -0.2) is 4.79 Å². The van der Waals surface area contributed by atoms with Crippen LogP contribution in [0.2, 0.25) is 5.02 Å². The molecule has 0 bridgehead atoms. The third kappa shape index (κ3) is 7.41. The van der Waals surface area contributed by atoms with Crippen molar-refractivity contribution in [2.24, 2.45) is 11.8 Å². The van der Waals surface area contributed by atoms with E-state index in [1.165, 1.54) is 23.2 Å². The summed E-state index contributed by atoms with van der Waals surface area (Å²) < 4.78 is 18.9.